The second-order valence-corrected chi connectivity index (χ2v) is 8.79. The highest BCUT2D eigenvalue weighted by molar-refractivity contribution is 6.30. The van der Waals surface area contributed by atoms with Crippen LogP contribution in [-0.2, 0) is 5.60 Å². The van der Waals surface area contributed by atoms with Crippen LogP contribution in [0.25, 0.3) is 11.1 Å². The Hall–Kier alpha value is -2.46. The van der Waals surface area contributed by atoms with Crippen LogP contribution in [-0.4, -0.2) is 35.4 Å². The molecule has 0 radical (unpaired) electrons. The first-order chi connectivity index (χ1) is 15.0. The van der Waals surface area contributed by atoms with Crippen molar-refractivity contribution in [3.05, 3.63) is 95.0 Å². The maximum atomic E-state index is 12.7. The minimum atomic E-state index is -0.783. The average molecular weight is 434 g/mol. The van der Waals surface area contributed by atoms with E-state index in [9.17, 15) is 9.90 Å². The second-order valence-electron chi connectivity index (χ2n) is 8.35. The Bertz CT molecular complexity index is 1010. The molecule has 4 heteroatoms. The highest BCUT2D eigenvalue weighted by Gasteiger charge is 2.33. The predicted octanol–water partition coefficient (Wildman–Crippen LogP) is 5.95. The molecule has 0 saturated carbocycles. The molecule has 3 aromatic carbocycles. The fourth-order valence-electron chi connectivity index (χ4n) is 4.31. The van der Waals surface area contributed by atoms with Crippen molar-refractivity contribution in [2.24, 2.45) is 0 Å². The molecule has 1 heterocycles. The van der Waals surface area contributed by atoms with Gasteiger partial charge in [-0.1, -0.05) is 72.3 Å². The molecular formula is C27H28ClNO2. The normalized spacial score (nSPS) is 16.2. The number of piperidine rings is 1. The van der Waals surface area contributed by atoms with Gasteiger partial charge in [0.15, 0.2) is 5.78 Å². The van der Waals surface area contributed by atoms with Crippen molar-refractivity contribution in [1.82, 2.24) is 4.90 Å². The van der Waals surface area contributed by atoms with Crippen LogP contribution >= 0.6 is 11.6 Å². The van der Waals surface area contributed by atoms with Gasteiger partial charge in [-0.3, -0.25) is 4.79 Å². The highest BCUT2D eigenvalue weighted by atomic mass is 35.5. The van der Waals surface area contributed by atoms with E-state index in [1.54, 1.807) is 0 Å². The summed E-state index contributed by atoms with van der Waals surface area (Å²) in [5.74, 6) is 0.187. The van der Waals surface area contributed by atoms with Crippen molar-refractivity contribution in [3.8, 4) is 11.1 Å². The van der Waals surface area contributed by atoms with Crippen LogP contribution < -0.4 is 0 Å². The molecule has 0 atom stereocenters. The molecule has 1 fully saturated rings. The number of benzene rings is 3. The smallest absolute Gasteiger partial charge is 0.162 e. The maximum absolute atomic E-state index is 12.7. The Labute approximate surface area is 189 Å². The number of hydrogen-bond donors (Lipinski definition) is 1. The number of nitrogens with zero attached hydrogens (tertiary/aromatic N) is 1. The van der Waals surface area contributed by atoms with Gasteiger partial charge in [-0.2, -0.15) is 0 Å². The molecule has 0 aliphatic carbocycles. The van der Waals surface area contributed by atoms with Crippen molar-refractivity contribution in [2.75, 3.05) is 19.6 Å². The molecule has 160 valence electrons. The predicted molar refractivity (Wildman–Crippen MR) is 126 cm³/mol. The molecule has 0 bridgehead atoms. The van der Waals surface area contributed by atoms with Crippen molar-refractivity contribution >= 4 is 17.4 Å². The van der Waals surface area contributed by atoms with E-state index >= 15 is 0 Å². The Morgan fingerprint density at radius 1 is 0.903 bits per heavy atom. The minimum absolute atomic E-state index is 0.187. The molecule has 31 heavy (non-hydrogen) atoms. The Balaban J connectivity index is 1.27. The molecule has 1 aliphatic rings. The van der Waals surface area contributed by atoms with Gasteiger partial charge in [0.2, 0.25) is 0 Å². The SMILES string of the molecule is O=C(CCCN1CCC(O)(c2ccc(Cl)cc2)CC1)c1cccc(-c2ccccc2)c1. The summed E-state index contributed by atoms with van der Waals surface area (Å²) in [7, 11) is 0. The van der Waals surface area contributed by atoms with E-state index in [4.69, 9.17) is 11.6 Å². The summed E-state index contributed by atoms with van der Waals surface area (Å²) >= 11 is 5.97. The molecule has 1 aliphatic heterocycles. The molecular weight excluding hydrogens is 406 g/mol. The number of likely N-dealkylation sites (tertiary alicyclic amines) is 1. The van der Waals surface area contributed by atoms with Crippen LogP contribution in [0.2, 0.25) is 5.02 Å². The van der Waals surface area contributed by atoms with Crippen LogP contribution in [0.5, 0.6) is 0 Å². The van der Waals surface area contributed by atoms with Gasteiger partial charge in [0.05, 0.1) is 5.60 Å². The van der Waals surface area contributed by atoms with Gasteiger partial charge < -0.3 is 10.0 Å². The van der Waals surface area contributed by atoms with E-state index in [-0.39, 0.29) is 5.78 Å². The molecule has 3 aromatic rings. The number of carbonyl (C=O) groups is 1. The Morgan fingerprint density at radius 3 is 2.29 bits per heavy atom. The summed E-state index contributed by atoms with van der Waals surface area (Å²) in [6, 6.07) is 25.5. The number of halogens is 1. The molecule has 0 aromatic heterocycles. The molecule has 3 nitrogen and oxygen atoms in total. The molecule has 1 saturated heterocycles. The third-order valence-corrected chi connectivity index (χ3v) is 6.49. The average Bonchev–Trinajstić information content (AvgIpc) is 2.81. The van der Waals surface area contributed by atoms with Crippen LogP contribution in [0.4, 0.5) is 0 Å². The summed E-state index contributed by atoms with van der Waals surface area (Å²) in [5.41, 5.74) is 3.12. The number of hydrogen-bond acceptors (Lipinski definition) is 3. The number of ketones is 1. The third-order valence-electron chi connectivity index (χ3n) is 6.23. The fourth-order valence-corrected chi connectivity index (χ4v) is 4.43. The van der Waals surface area contributed by atoms with Gasteiger partial charge in [0, 0.05) is 30.1 Å². The lowest BCUT2D eigenvalue weighted by Gasteiger charge is -2.38. The summed E-state index contributed by atoms with van der Waals surface area (Å²) < 4.78 is 0. The van der Waals surface area contributed by atoms with Gasteiger partial charge in [-0.15, -0.1) is 0 Å². The van der Waals surface area contributed by atoms with Crippen LogP contribution in [0.3, 0.4) is 0 Å². The van der Waals surface area contributed by atoms with E-state index in [0.717, 1.165) is 48.3 Å². The summed E-state index contributed by atoms with van der Waals surface area (Å²) in [6.45, 7) is 2.54. The van der Waals surface area contributed by atoms with Crippen molar-refractivity contribution < 1.29 is 9.90 Å². The van der Waals surface area contributed by atoms with Gasteiger partial charge in [-0.25, -0.2) is 0 Å². The van der Waals surface area contributed by atoms with Crippen LogP contribution in [0.1, 0.15) is 41.6 Å². The lowest BCUT2D eigenvalue weighted by Crippen LogP contribution is -2.42. The van der Waals surface area contributed by atoms with E-state index in [1.165, 1.54) is 0 Å². The lowest BCUT2D eigenvalue weighted by molar-refractivity contribution is -0.0260. The molecule has 0 spiro atoms. The second kappa shape index (κ2) is 9.78. The number of carbonyl (C=O) groups excluding carboxylic acids is 1. The lowest BCUT2D eigenvalue weighted by atomic mass is 9.84. The van der Waals surface area contributed by atoms with E-state index in [0.29, 0.717) is 24.3 Å². The first-order valence-electron chi connectivity index (χ1n) is 10.9. The summed E-state index contributed by atoms with van der Waals surface area (Å²) in [4.78, 5) is 15.1. The van der Waals surface area contributed by atoms with Gasteiger partial charge in [0.1, 0.15) is 0 Å². The number of rotatable bonds is 7. The zero-order valence-corrected chi connectivity index (χ0v) is 18.4. The quantitative estimate of drug-likeness (QED) is 0.468. The zero-order chi connectivity index (χ0) is 21.7. The number of aliphatic hydroxyl groups is 1. The van der Waals surface area contributed by atoms with Gasteiger partial charge in [-0.05, 0) is 60.7 Å². The molecule has 4 rings (SSSR count). The Morgan fingerprint density at radius 2 is 1.58 bits per heavy atom. The van der Waals surface area contributed by atoms with Crippen molar-refractivity contribution in [3.63, 3.8) is 0 Å². The van der Waals surface area contributed by atoms with E-state index in [2.05, 4.69) is 17.0 Å². The third kappa shape index (κ3) is 5.43. The minimum Gasteiger partial charge on any atom is -0.385 e. The first-order valence-corrected chi connectivity index (χ1v) is 11.3. The zero-order valence-electron chi connectivity index (χ0n) is 17.6. The monoisotopic (exact) mass is 433 g/mol. The summed E-state index contributed by atoms with van der Waals surface area (Å²) in [5, 5.41) is 11.7. The van der Waals surface area contributed by atoms with E-state index < -0.39 is 5.60 Å². The van der Waals surface area contributed by atoms with Gasteiger partial charge >= 0.3 is 0 Å². The molecule has 1 N–H and O–H groups in total. The fraction of sp³-hybridized carbons (Fsp3) is 0.296. The maximum Gasteiger partial charge on any atom is 0.162 e. The van der Waals surface area contributed by atoms with Crippen LogP contribution in [0.15, 0.2) is 78.9 Å². The van der Waals surface area contributed by atoms with Crippen molar-refractivity contribution in [1.29, 1.82) is 0 Å². The van der Waals surface area contributed by atoms with E-state index in [1.807, 2.05) is 66.7 Å². The standard InChI is InChI=1S/C27H28ClNO2/c28-25-13-11-24(12-14-25)27(31)15-18-29(19-16-27)17-5-10-26(30)23-9-4-8-22(20-23)21-6-2-1-3-7-21/h1-4,6-9,11-14,20,31H,5,10,15-19H2. The highest BCUT2D eigenvalue weighted by Crippen LogP contribution is 2.33. The Kier molecular flexibility index (Phi) is 6.86. The molecule has 0 unspecified atom stereocenters. The summed E-state index contributed by atoms with van der Waals surface area (Å²) in [6.07, 6.45) is 2.76. The number of Topliss-reactive ketones (excluding diaryl/α,β-unsaturated/α-hetero) is 1. The topological polar surface area (TPSA) is 40.5 Å². The van der Waals surface area contributed by atoms with Crippen molar-refractivity contribution in [2.45, 2.75) is 31.3 Å². The van der Waals surface area contributed by atoms with Gasteiger partial charge in [0.25, 0.3) is 0 Å². The first kappa shape index (κ1) is 21.8. The van der Waals surface area contributed by atoms with Crippen LogP contribution in [0, 0.1) is 0 Å². The molecule has 0 amide bonds. The largest absolute Gasteiger partial charge is 0.385 e.